The number of nitrogens with zero attached hydrogens (tertiary/aromatic N) is 1. The Labute approximate surface area is 221 Å². The summed E-state index contributed by atoms with van der Waals surface area (Å²) in [4.78, 5) is 28.0. The van der Waals surface area contributed by atoms with Gasteiger partial charge in [0.2, 0.25) is 11.8 Å². The normalized spacial score (nSPS) is 22.7. The molecule has 3 atom stereocenters. The topological polar surface area (TPSA) is 99.1 Å². The lowest BCUT2D eigenvalue weighted by molar-refractivity contribution is -0.134. The molecule has 8 heteroatoms. The van der Waals surface area contributed by atoms with Crippen molar-refractivity contribution in [3.05, 3.63) is 51.1 Å². The fourth-order valence-corrected chi connectivity index (χ4v) is 5.35. The lowest BCUT2D eigenvalue weighted by Gasteiger charge is -2.42. The van der Waals surface area contributed by atoms with Gasteiger partial charge in [-0.25, -0.2) is 0 Å². The van der Waals surface area contributed by atoms with Gasteiger partial charge in [-0.2, -0.15) is 0 Å². The summed E-state index contributed by atoms with van der Waals surface area (Å²) in [5.41, 5.74) is 1.33. The van der Waals surface area contributed by atoms with Crippen molar-refractivity contribution in [1.82, 2.24) is 10.2 Å². The van der Waals surface area contributed by atoms with Crippen LogP contribution < -0.4 is 10.1 Å². The van der Waals surface area contributed by atoms with Crippen LogP contribution in [0.25, 0.3) is 0 Å². The molecule has 1 aromatic carbocycles. The van der Waals surface area contributed by atoms with Gasteiger partial charge in [0.15, 0.2) is 0 Å². The smallest absolute Gasteiger partial charge is 0.247 e. The second kappa shape index (κ2) is 13.4. The van der Waals surface area contributed by atoms with Gasteiger partial charge >= 0.3 is 0 Å². The molecule has 1 saturated carbocycles. The summed E-state index contributed by atoms with van der Waals surface area (Å²) in [6.45, 7) is 4.27. The quantitative estimate of drug-likeness (QED) is 0.299. The highest BCUT2D eigenvalue weighted by molar-refractivity contribution is 14.1. The molecule has 0 aromatic heterocycles. The van der Waals surface area contributed by atoms with Crippen LogP contribution in [0.1, 0.15) is 52.4 Å². The zero-order valence-corrected chi connectivity index (χ0v) is 22.7. The maximum absolute atomic E-state index is 13.4. The van der Waals surface area contributed by atoms with Crippen LogP contribution >= 0.6 is 22.6 Å². The molecule has 1 aromatic rings. The highest BCUT2D eigenvalue weighted by Gasteiger charge is 2.41. The van der Waals surface area contributed by atoms with E-state index in [-0.39, 0.29) is 31.4 Å². The third-order valence-corrected chi connectivity index (χ3v) is 7.48. The van der Waals surface area contributed by atoms with E-state index in [1.165, 1.54) is 6.42 Å². The van der Waals surface area contributed by atoms with Crippen molar-refractivity contribution in [2.75, 3.05) is 19.7 Å². The molecule has 192 valence electrons. The summed E-state index contributed by atoms with van der Waals surface area (Å²) in [6.07, 6.45) is 7.31. The van der Waals surface area contributed by atoms with Crippen LogP contribution in [0, 0.1) is 9.49 Å². The molecule has 0 heterocycles. The zero-order valence-electron chi connectivity index (χ0n) is 20.6. The Morgan fingerprint density at radius 2 is 1.91 bits per heavy atom. The van der Waals surface area contributed by atoms with E-state index in [9.17, 15) is 14.7 Å². The van der Waals surface area contributed by atoms with Gasteiger partial charge in [0.25, 0.3) is 0 Å². The molecule has 2 amide bonds. The van der Waals surface area contributed by atoms with E-state index in [0.29, 0.717) is 23.8 Å². The molecule has 1 fully saturated rings. The Kier molecular flexibility index (Phi) is 10.6. The minimum atomic E-state index is -1.00. The fourth-order valence-electron chi connectivity index (χ4n) is 4.83. The van der Waals surface area contributed by atoms with E-state index in [1.54, 1.807) is 17.1 Å². The van der Waals surface area contributed by atoms with Gasteiger partial charge in [-0.15, -0.1) is 0 Å². The summed E-state index contributed by atoms with van der Waals surface area (Å²) in [6, 6.07) is 6.89. The van der Waals surface area contributed by atoms with Crippen molar-refractivity contribution < 1.29 is 24.5 Å². The number of aliphatic hydroxyl groups excluding tert-OH is 2. The Hall–Kier alpha value is -1.91. The van der Waals surface area contributed by atoms with E-state index in [0.717, 1.165) is 34.8 Å². The number of hydrogen-bond donors (Lipinski definition) is 3. The molecule has 0 saturated heterocycles. The number of hydrogen-bond acceptors (Lipinski definition) is 5. The number of carbonyl (C=O) groups is 2. The van der Waals surface area contributed by atoms with Gasteiger partial charge in [-0.3, -0.25) is 9.59 Å². The van der Waals surface area contributed by atoms with E-state index in [4.69, 9.17) is 9.84 Å². The van der Waals surface area contributed by atoms with Crippen LogP contribution in [0.4, 0.5) is 0 Å². The molecule has 0 spiro atoms. The first-order valence-corrected chi connectivity index (χ1v) is 13.5. The van der Waals surface area contributed by atoms with Crippen LogP contribution in [0.2, 0.25) is 0 Å². The molecule has 2 aliphatic rings. The maximum Gasteiger partial charge on any atom is 0.247 e. The van der Waals surface area contributed by atoms with Crippen LogP contribution in [0.15, 0.2) is 47.6 Å². The number of ether oxygens (including phenoxy) is 1. The van der Waals surface area contributed by atoms with Gasteiger partial charge in [-0.1, -0.05) is 37.0 Å². The number of para-hydroxylation sites is 1. The number of nitrogens with one attached hydrogen (secondary N) is 1. The average molecular weight is 597 g/mol. The van der Waals surface area contributed by atoms with Gasteiger partial charge in [0.05, 0.1) is 16.2 Å². The minimum absolute atomic E-state index is 0.133. The third-order valence-electron chi connectivity index (χ3n) is 6.59. The Morgan fingerprint density at radius 3 is 2.57 bits per heavy atom. The Morgan fingerprint density at radius 1 is 1.20 bits per heavy atom. The molecular formula is C27H37IN2O5. The lowest BCUT2D eigenvalue weighted by Crippen LogP contribution is -2.56. The molecule has 3 rings (SSSR count). The van der Waals surface area contributed by atoms with Crippen molar-refractivity contribution in [1.29, 1.82) is 0 Å². The van der Waals surface area contributed by atoms with Gasteiger partial charge < -0.3 is 25.2 Å². The number of amides is 2. The van der Waals surface area contributed by atoms with E-state index in [2.05, 4.69) is 27.9 Å². The van der Waals surface area contributed by atoms with Crippen LogP contribution in [0.3, 0.4) is 0 Å². The van der Waals surface area contributed by atoms with Gasteiger partial charge in [0.1, 0.15) is 18.0 Å². The highest BCUT2D eigenvalue weighted by Crippen LogP contribution is 2.32. The number of rotatable bonds is 9. The largest absolute Gasteiger partial charge is 0.482 e. The second-order valence-electron chi connectivity index (χ2n) is 9.66. The summed E-state index contributed by atoms with van der Waals surface area (Å²) in [7, 11) is 0. The highest BCUT2D eigenvalue weighted by atomic mass is 127. The van der Waals surface area contributed by atoms with Crippen molar-refractivity contribution in [3.63, 3.8) is 0 Å². The number of aliphatic hydroxyl groups is 2. The number of halogens is 1. The molecule has 0 bridgehead atoms. The van der Waals surface area contributed by atoms with Crippen molar-refractivity contribution in [2.24, 2.45) is 5.92 Å². The summed E-state index contributed by atoms with van der Waals surface area (Å²) in [5.74, 6) is 0.514. The molecule has 3 unspecified atom stereocenters. The number of benzene rings is 1. The van der Waals surface area contributed by atoms with Crippen molar-refractivity contribution in [3.8, 4) is 5.75 Å². The predicted molar refractivity (Wildman–Crippen MR) is 144 cm³/mol. The monoisotopic (exact) mass is 596 g/mol. The first-order chi connectivity index (χ1) is 16.8. The van der Waals surface area contributed by atoms with E-state index >= 15 is 0 Å². The lowest BCUT2D eigenvalue weighted by atomic mass is 9.85. The van der Waals surface area contributed by atoms with Crippen molar-refractivity contribution in [2.45, 2.75) is 70.6 Å². The molecule has 35 heavy (non-hydrogen) atoms. The molecule has 0 aliphatic heterocycles. The van der Waals surface area contributed by atoms with Crippen LogP contribution in [0.5, 0.6) is 5.75 Å². The molecule has 0 radical (unpaired) electrons. The number of allylic oxidation sites excluding steroid dienone is 1. The molecule has 3 N–H and O–H groups in total. The average Bonchev–Trinajstić information content (AvgIpc) is 2.84. The zero-order chi connectivity index (χ0) is 25.4. The predicted octanol–water partition coefficient (Wildman–Crippen LogP) is 3.58. The van der Waals surface area contributed by atoms with Crippen molar-refractivity contribution >= 4 is 34.4 Å². The van der Waals surface area contributed by atoms with Gasteiger partial charge in [0, 0.05) is 31.2 Å². The summed E-state index contributed by atoms with van der Waals surface area (Å²) < 4.78 is 7.09. The van der Waals surface area contributed by atoms with Crippen LogP contribution in [-0.2, 0) is 9.59 Å². The SMILES string of the molecule is CC(C)=CC(=O)N(CC1CCCCC1)C1CC(C(=O)NCCO)=CC(Oc2ccccc2I)C1O. The molecule has 7 nitrogen and oxygen atoms in total. The fraction of sp³-hybridized carbons (Fsp3) is 0.556. The molecule has 2 aliphatic carbocycles. The second-order valence-corrected chi connectivity index (χ2v) is 10.8. The van der Waals surface area contributed by atoms with E-state index in [1.807, 2.05) is 38.1 Å². The Balaban J connectivity index is 1.94. The Bertz CT molecular complexity index is 937. The summed E-state index contributed by atoms with van der Waals surface area (Å²) in [5, 5.41) is 23.3. The van der Waals surface area contributed by atoms with Crippen LogP contribution in [-0.4, -0.2) is 64.9 Å². The maximum atomic E-state index is 13.4. The number of carbonyl (C=O) groups excluding carboxylic acids is 2. The van der Waals surface area contributed by atoms with Gasteiger partial charge in [-0.05, 0) is 73.4 Å². The first-order valence-electron chi connectivity index (χ1n) is 12.4. The van der Waals surface area contributed by atoms with E-state index < -0.39 is 18.2 Å². The molecular weight excluding hydrogens is 559 g/mol. The minimum Gasteiger partial charge on any atom is -0.482 e. The third kappa shape index (κ3) is 7.79. The summed E-state index contributed by atoms with van der Waals surface area (Å²) >= 11 is 2.17. The first kappa shape index (κ1) is 27.7. The standard InChI is InChI=1S/C27H37IN2O5/c1-18(2)14-25(32)30(17-19-8-4-3-5-9-19)22-15-20(27(34)29-12-13-31)16-24(26(22)33)35-23-11-7-6-10-21(23)28/h6-7,10-11,14,16,19,22,24,26,31,33H,3-5,8-9,12-13,15,17H2,1-2H3,(H,29,34).